The molecule has 2 aliphatic rings. The minimum atomic E-state index is 0.131. The van der Waals surface area contributed by atoms with Gasteiger partial charge in [0, 0.05) is 57.0 Å². The molecule has 1 amide bonds. The second-order valence-corrected chi connectivity index (χ2v) is 6.89. The lowest BCUT2D eigenvalue weighted by Gasteiger charge is -2.32. The molecule has 0 bridgehead atoms. The highest BCUT2D eigenvalue weighted by molar-refractivity contribution is 5.94. The van der Waals surface area contributed by atoms with Crippen LogP contribution in [-0.2, 0) is 0 Å². The predicted molar refractivity (Wildman–Crippen MR) is 99.5 cm³/mol. The molecule has 4 rings (SSSR count). The summed E-state index contributed by atoms with van der Waals surface area (Å²) < 4.78 is 6.11. The molecule has 0 unspecified atom stereocenters. The number of rotatable bonds is 4. The van der Waals surface area contributed by atoms with Crippen LogP contribution in [0.15, 0.2) is 42.9 Å². The fourth-order valence-electron chi connectivity index (χ4n) is 3.63. The number of likely N-dealkylation sites (tertiary alicyclic amines) is 1. The Morgan fingerprint density at radius 1 is 1.00 bits per heavy atom. The third-order valence-electron chi connectivity index (χ3n) is 5.11. The molecule has 0 atom stereocenters. The topological polar surface area (TPSA) is 58.6 Å². The van der Waals surface area contributed by atoms with Gasteiger partial charge in [-0.1, -0.05) is 0 Å². The van der Waals surface area contributed by atoms with Crippen molar-refractivity contribution in [3.63, 3.8) is 0 Å². The summed E-state index contributed by atoms with van der Waals surface area (Å²) in [6, 6.07) is 7.59. The van der Waals surface area contributed by atoms with Crippen LogP contribution < -0.4 is 9.64 Å². The molecule has 0 radical (unpaired) electrons. The van der Waals surface area contributed by atoms with E-state index in [4.69, 9.17) is 4.74 Å². The van der Waals surface area contributed by atoms with Gasteiger partial charge in [0.05, 0.1) is 6.20 Å². The summed E-state index contributed by atoms with van der Waals surface area (Å²) in [5.74, 6) is 1.89. The van der Waals surface area contributed by atoms with Crippen LogP contribution in [0.2, 0.25) is 0 Å². The van der Waals surface area contributed by atoms with Crippen molar-refractivity contribution in [2.24, 2.45) is 0 Å². The van der Waals surface area contributed by atoms with Gasteiger partial charge < -0.3 is 14.5 Å². The lowest BCUT2D eigenvalue weighted by atomic mass is 10.1. The van der Waals surface area contributed by atoms with Gasteiger partial charge in [0.1, 0.15) is 17.7 Å². The lowest BCUT2D eigenvalue weighted by Crippen LogP contribution is -2.38. The van der Waals surface area contributed by atoms with Gasteiger partial charge in [-0.15, -0.1) is 0 Å². The molecule has 0 saturated carbocycles. The van der Waals surface area contributed by atoms with Gasteiger partial charge >= 0.3 is 0 Å². The number of ether oxygens (including phenoxy) is 1. The van der Waals surface area contributed by atoms with Gasteiger partial charge in [-0.25, -0.2) is 4.98 Å². The molecule has 1 aromatic carbocycles. The first kappa shape index (κ1) is 16.8. The maximum Gasteiger partial charge on any atom is 0.253 e. The molecular formula is C20H24N4O2. The van der Waals surface area contributed by atoms with Crippen LogP contribution in [0.1, 0.15) is 36.0 Å². The van der Waals surface area contributed by atoms with Crippen LogP contribution in [0.3, 0.4) is 0 Å². The molecule has 0 aliphatic carbocycles. The highest BCUT2D eigenvalue weighted by atomic mass is 16.5. The van der Waals surface area contributed by atoms with Crippen molar-refractivity contribution in [2.75, 3.05) is 31.1 Å². The number of nitrogens with zero attached hydrogens (tertiary/aromatic N) is 4. The zero-order chi connectivity index (χ0) is 17.8. The third kappa shape index (κ3) is 3.79. The standard InChI is InChI=1S/C20H24N4O2/c25-20(24-11-1-2-12-24)16-3-5-17(6-4-16)26-18-7-13-23(14-8-18)19-15-21-9-10-22-19/h3-6,9-10,15,18H,1-2,7-8,11-14H2. The largest absolute Gasteiger partial charge is 0.490 e. The zero-order valence-corrected chi connectivity index (χ0v) is 14.9. The van der Waals surface area contributed by atoms with E-state index in [1.807, 2.05) is 29.2 Å². The minimum absolute atomic E-state index is 0.131. The molecule has 0 spiro atoms. The van der Waals surface area contributed by atoms with Crippen LogP contribution >= 0.6 is 0 Å². The molecule has 3 heterocycles. The molecule has 6 heteroatoms. The summed E-state index contributed by atoms with van der Waals surface area (Å²) in [5, 5.41) is 0. The summed E-state index contributed by atoms with van der Waals surface area (Å²) in [6.07, 6.45) is 9.54. The van der Waals surface area contributed by atoms with Crippen molar-refractivity contribution >= 4 is 11.7 Å². The number of benzene rings is 1. The lowest BCUT2D eigenvalue weighted by molar-refractivity contribution is 0.0792. The van der Waals surface area contributed by atoms with Crippen molar-refractivity contribution in [1.82, 2.24) is 14.9 Å². The second kappa shape index (κ2) is 7.72. The van der Waals surface area contributed by atoms with Crippen molar-refractivity contribution in [1.29, 1.82) is 0 Å². The number of carbonyl (C=O) groups excluding carboxylic acids is 1. The van der Waals surface area contributed by atoms with E-state index >= 15 is 0 Å². The Balaban J connectivity index is 1.30. The molecular weight excluding hydrogens is 328 g/mol. The van der Waals surface area contributed by atoms with Gasteiger partial charge in [0.25, 0.3) is 5.91 Å². The first-order valence-electron chi connectivity index (χ1n) is 9.36. The number of amides is 1. The van der Waals surface area contributed by atoms with Gasteiger partial charge in [-0.2, -0.15) is 0 Å². The Bertz CT molecular complexity index is 721. The summed E-state index contributed by atoms with van der Waals surface area (Å²) >= 11 is 0. The second-order valence-electron chi connectivity index (χ2n) is 6.89. The van der Waals surface area contributed by atoms with Crippen LogP contribution in [0, 0.1) is 0 Å². The average Bonchev–Trinajstić information content (AvgIpc) is 3.24. The molecule has 2 saturated heterocycles. The first-order chi connectivity index (χ1) is 12.8. The van der Waals surface area contributed by atoms with E-state index in [0.717, 1.165) is 69.0 Å². The number of hydrogen-bond donors (Lipinski definition) is 0. The van der Waals surface area contributed by atoms with E-state index in [9.17, 15) is 4.79 Å². The maximum absolute atomic E-state index is 12.4. The average molecular weight is 352 g/mol. The fraction of sp³-hybridized carbons (Fsp3) is 0.450. The Labute approximate surface area is 153 Å². The number of piperidine rings is 1. The van der Waals surface area contributed by atoms with Crippen molar-refractivity contribution < 1.29 is 9.53 Å². The predicted octanol–water partition coefficient (Wildman–Crippen LogP) is 2.76. The third-order valence-corrected chi connectivity index (χ3v) is 5.11. The fourth-order valence-corrected chi connectivity index (χ4v) is 3.63. The quantitative estimate of drug-likeness (QED) is 0.847. The van der Waals surface area contributed by atoms with Gasteiger partial charge in [-0.3, -0.25) is 9.78 Å². The van der Waals surface area contributed by atoms with E-state index in [1.54, 1.807) is 18.6 Å². The number of aromatic nitrogens is 2. The van der Waals surface area contributed by atoms with Crippen molar-refractivity contribution in [2.45, 2.75) is 31.8 Å². The van der Waals surface area contributed by atoms with Crippen LogP contribution in [0.25, 0.3) is 0 Å². The number of carbonyl (C=O) groups is 1. The Morgan fingerprint density at radius 3 is 2.38 bits per heavy atom. The summed E-state index contributed by atoms with van der Waals surface area (Å²) in [4.78, 5) is 25.0. The monoisotopic (exact) mass is 352 g/mol. The summed E-state index contributed by atoms with van der Waals surface area (Å²) in [6.45, 7) is 3.58. The highest BCUT2D eigenvalue weighted by Crippen LogP contribution is 2.22. The molecule has 26 heavy (non-hydrogen) atoms. The summed E-state index contributed by atoms with van der Waals surface area (Å²) in [7, 11) is 0. The van der Waals surface area contributed by atoms with E-state index in [0.29, 0.717) is 0 Å². The molecule has 2 fully saturated rings. The highest BCUT2D eigenvalue weighted by Gasteiger charge is 2.22. The maximum atomic E-state index is 12.4. The minimum Gasteiger partial charge on any atom is -0.490 e. The van der Waals surface area contributed by atoms with Crippen molar-refractivity contribution in [3.05, 3.63) is 48.4 Å². The van der Waals surface area contributed by atoms with Gasteiger partial charge in [0.2, 0.25) is 0 Å². The van der Waals surface area contributed by atoms with E-state index < -0.39 is 0 Å². The first-order valence-corrected chi connectivity index (χ1v) is 9.36. The molecule has 2 aliphatic heterocycles. The van der Waals surface area contributed by atoms with Crippen LogP contribution in [0.4, 0.5) is 5.82 Å². The van der Waals surface area contributed by atoms with Gasteiger partial charge in [-0.05, 0) is 37.1 Å². The number of anilines is 1. The SMILES string of the molecule is O=C(c1ccc(OC2CCN(c3cnccn3)CC2)cc1)N1CCCC1. The smallest absolute Gasteiger partial charge is 0.253 e. The molecule has 6 nitrogen and oxygen atoms in total. The van der Waals surface area contributed by atoms with E-state index in [2.05, 4.69) is 14.9 Å². The van der Waals surface area contributed by atoms with Crippen LogP contribution in [0.5, 0.6) is 5.75 Å². The number of hydrogen-bond acceptors (Lipinski definition) is 5. The van der Waals surface area contributed by atoms with E-state index in [1.165, 1.54) is 0 Å². The Kier molecular flexibility index (Phi) is 5.00. The van der Waals surface area contributed by atoms with E-state index in [-0.39, 0.29) is 12.0 Å². The molecule has 0 N–H and O–H groups in total. The zero-order valence-electron chi connectivity index (χ0n) is 14.9. The Morgan fingerprint density at radius 2 is 1.73 bits per heavy atom. The molecule has 2 aromatic rings. The Hall–Kier alpha value is -2.63. The van der Waals surface area contributed by atoms with Crippen LogP contribution in [-0.4, -0.2) is 53.1 Å². The molecule has 1 aromatic heterocycles. The van der Waals surface area contributed by atoms with Crippen molar-refractivity contribution in [3.8, 4) is 5.75 Å². The normalized spacial score (nSPS) is 18.2. The van der Waals surface area contributed by atoms with Gasteiger partial charge in [0.15, 0.2) is 0 Å². The molecule has 136 valence electrons. The summed E-state index contributed by atoms with van der Waals surface area (Å²) in [5.41, 5.74) is 0.747.